The number of para-hydroxylation sites is 1. The Morgan fingerprint density at radius 3 is 2.42 bits per heavy atom. The fraction of sp³-hybridized carbons (Fsp3) is 0.368. The van der Waals surface area contributed by atoms with Crippen LogP contribution in [-0.4, -0.2) is 15.3 Å². The second kappa shape index (κ2) is 6.63. The van der Waals surface area contributed by atoms with E-state index >= 15 is 0 Å². The summed E-state index contributed by atoms with van der Waals surface area (Å²) in [6, 6.07) is 9.31. The van der Waals surface area contributed by atoms with Gasteiger partial charge in [0.15, 0.2) is 0 Å². The number of carbonyl (C=O) groups is 1. The van der Waals surface area contributed by atoms with Crippen LogP contribution in [0.5, 0.6) is 0 Å². The molecule has 0 saturated heterocycles. The van der Waals surface area contributed by atoms with Crippen molar-refractivity contribution < 1.29 is 4.79 Å². The average Bonchev–Trinajstić information content (AvgIpc) is 3.04. The predicted molar refractivity (Wildman–Crippen MR) is 105 cm³/mol. The maximum Gasteiger partial charge on any atom is 0.295 e. The zero-order valence-electron chi connectivity index (χ0n) is 15.1. The molecule has 5 nitrogen and oxygen atoms in total. The monoisotopic (exact) mass is 393 g/mol. The molecule has 1 saturated carbocycles. The third-order valence-electron chi connectivity index (χ3n) is 5.30. The highest BCUT2D eigenvalue weighted by atomic mass is 35.5. The SMILES string of the molecule is Cc1c(NC(=O)[C@H]2[C@@H](C=C(Cl)Cl)C2(C)C)c(=O)n(-c2ccccc2)n1C. The number of rotatable bonds is 4. The molecule has 1 amide bonds. The summed E-state index contributed by atoms with van der Waals surface area (Å²) in [6.45, 7) is 5.77. The van der Waals surface area contributed by atoms with E-state index in [1.807, 2.05) is 51.1 Å². The molecular formula is C19H21Cl2N3O2. The van der Waals surface area contributed by atoms with Crippen molar-refractivity contribution in [3.05, 3.63) is 56.9 Å². The summed E-state index contributed by atoms with van der Waals surface area (Å²) in [7, 11) is 1.79. The van der Waals surface area contributed by atoms with E-state index in [0.717, 1.165) is 5.69 Å². The van der Waals surface area contributed by atoms with Crippen molar-refractivity contribution in [3.63, 3.8) is 0 Å². The number of allylic oxidation sites excluding steroid dienone is 1. The van der Waals surface area contributed by atoms with E-state index in [1.54, 1.807) is 17.8 Å². The molecule has 1 N–H and O–H groups in total. The van der Waals surface area contributed by atoms with E-state index in [4.69, 9.17) is 23.2 Å². The number of anilines is 1. The van der Waals surface area contributed by atoms with Gasteiger partial charge >= 0.3 is 0 Å². The molecule has 1 heterocycles. The van der Waals surface area contributed by atoms with Gasteiger partial charge in [0.2, 0.25) is 5.91 Å². The van der Waals surface area contributed by atoms with Gasteiger partial charge < -0.3 is 5.32 Å². The molecule has 0 bridgehead atoms. The number of nitrogens with zero attached hydrogens (tertiary/aromatic N) is 2. The van der Waals surface area contributed by atoms with E-state index in [2.05, 4.69) is 5.32 Å². The van der Waals surface area contributed by atoms with Gasteiger partial charge in [0.05, 0.1) is 17.3 Å². The highest BCUT2D eigenvalue weighted by Crippen LogP contribution is 2.60. The lowest BCUT2D eigenvalue weighted by molar-refractivity contribution is -0.118. The Hall–Kier alpha value is -1.98. The van der Waals surface area contributed by atoms with Gasteiger partial charge in [-0.05, 0) is 36.5 Å². The smallest absolute Gasteiger partial charge is 0.295 e. The van der Waals surface area contributed by atoms with Crippen molar-refractivity contribution >= 4 is 34.8 Å². The standard InChI is InChI=1S/C19H21Cl2N3O2/c1-11-16(18(26)24(23(11)4)12-8-6-5-7-9-12)22-17(25)15-13(10-14(20)21)19(15,2)3/h5-10,13,15H,1-4H3,(H,22,25)/t13-,15-/m1/s1. The first-order chi connectivity index (χ1) is 12.2. The van der Waals surface area contributed by atoms with Crippen LogP contribution in [0, 0.1) is 24.2 Å². The molecule has 1 aromatic heterocycles. The topological polar surface area (TPSA) is 56.0 Å². The van der Waals surface area contributed by atoms with Gasteiger partial charge in [-0.2, -0.15) is 0 Å². The molecule has 3 rings (SSSR count). The molecule has 0 aliphatic heterocycles. The van der Waals surface area contributed by atoms with Gasteiger partial charge in [-0.15, -0.1) is 0 Å². The lowest BCUT2D eigenvalue weighted by Gasteiger charge is -2.07. The third-order valence-corrected chi connectivity index (χ3v) is 5.55. The summed E-state index contributed by atoms with van der Waals surface area (Å²) in [5.41, 5.74) is 1.22. The fourth-order valence-electron chi connectivity index (χ4n) is 3.54. The van der Waals surface area contributed by atoms with E-state index in [9.17, 15) is 9.59 Å². The number of nitrogens with one attached hydrogen (secondary N) is 1. The molecule has 7 heteroatoms. The van der Waals surface area contributed by atoms with E-state index in [0.29, 0.717) is 11.4 Å². The highest BCUT2D eigenvalue weighted by molar-refractivity contribution is 6.55. The van der Waals surface area contributed by atoms with Gasteiger partial charge in [0.25, 0.3) is 5.56 Å². The number of hydrogen-bond acceptors (Lipinski definition) is 2. The minimum Gasteiger partial charge on any atom is -0.320 e. The first kappa shape index (κ1) is 18.8. The number of hydrogen-bond donors (Lipinski definition) is 1. The number of carbonyl (C=O) groups excluding carboxylic acids is 1. The van der Waals surface area contributed by atoms with Gasteiger partial charge in [-0.3, -0.25) is 14.3 Å². The second-order valence-electron chi connectivity index (χ2n) is 7.21. The van der Waals surface area contributed by atoms with Crippen LogP contribution in [0.1, 0.15) is 19.5 Å². The van der Waals surface area contributed by atoms with Crippen LogP contribution in [0.25, 0.3) is 5.69 Å². The number of aromatic nitrogens is 2. The lowest BCUT2D eigenvalue weighted by atomic mass is 10.1. The minimum atomic E-state index is -0.279. The first-order valence-electron chi connectivity index (χ1n) is 8.34. The molecule has 0 radical (unpaired) electrons. The molecule has 2 atom stereocenters. The molecular weight excluding hydrogens is 373 g/mol. The Labute approximate surface area is 162 Å². The molecule has 0 spiro atoms. The van der Waals surface area contributed by atoms with Crippen molar-refractivity contribution in [2.75, 3.05) is 5.32 Å². The van der Waals surface area contributed by atoms with Crippen LogP contribution in [0.15, 0.2) is 45.7 Å². The van der Waals surface area contributed by atoms with Gasteiger partial charge in [-0.1, -0.05) is 55.2 Å². The molecule has 2 aromatic rings. The van der Waals surface area contributed by atoms with E-state index in [1.165, 1.54) is 4.68 Å². The summed E-state index contributed by atoms with van der Waals surface area (Å²) in [5, 5.41) is 2.82. The number of halogens is 2. The van der Waals surface area contributed by atoms with Crippen molar-refractivity contribution in [2.45, 2.75) is 20.8 Å². The summed E-state index contributed by atoms with van der Waals surface area (Å²) in [5.74, 6) is -0.524. The first-order valence-corrected chi connectivity index (χ1v) is 9.09. The lowest BCUT2D eigenvalue weighted by Crippen LogP contribution is -2.24. The maximum atomic E-state index is 12.9. The largest absolute Gasteiger partial charge is 0.320 e. The van der Waals surface area contributed by atoms with E-state index < -0.39 is 0 Å². The van der Waals surface area contributed by atoms with Crippen LogP contribution in [0.2, 0.25) is 0 Å². The zero-order chi connectivity index (χ0) is 19.2. The van der Waals surface area contributed by atoms with Crippen LogP contribution in [0.4, 0.5) is 5.69 Å². The van der Waals surface area contributed by atoms with Crippen LogP contribution < -0.4 is 10.9 Å². The Balaban J connectivity index is 1.92. The molecule has 0 unspecified atom stereocenters. The zero-order valence-corrected chi connectivity index (χ0v) is 16.6. The molecule has 26 heavy (non-hydrogen) atoms. The molecule has 1 fully saturated rings. The van der Waals surface area contributed by atoms with Crippen LogP contribution in [-0.2, 0) is 11.8 Å². The quantitative estimate of drug-likeness (QED) is 0.852. The Morgan fingerprint density at radius 1 is 1.23 bits per heavy atom. The van der Waals surface area contributed by atoms with Crippen LogP contribution in [0.3, 0.4) is 0 Å². The summed E-state index contributed by atoms with van der Waals surface area (Å²) < 4.78 is 3.43. The highest BCUT2D eigenvalue weighted by Gasteiger charge is 2.60. The van der Waals surface area contributed by atoms with Gasteiger partial charge in [0, 0.05) is 7.05 Å². The average molecular weight is 394 g/mol. The van der Waals surface area contributed by atoms with Crippen molar-refractivity contribution in [2.24, 2.45) is 24.3 Å². The third kappa shape index (κ3) is 3.10. The Morgan fingerprint density at radius 2 is 1.85 bits per heavy atom. The van der Waals surface area contributed by atoms with Crippen molar-refractivity contribution in [1.29, 1.82) is 0 Å². The molecule has 1 aromatic carbocycles. The fourth-order valence-corrected chi connectivity index (χ4v) is 3.81. The van der Waals surface area contributed by atoms with Gasteiger partial charge in [-0.25, -0.2) is 4.68 Å². The Bertz CT molecular complexity index is 938. The maximum absolute atomic E-state index is 12.9. The Kier molecular flexibility index (Phi) is 4.80. The van der Waals surface area contributed by atoms with Crippen LogP contribution >= 0.6 is 23.2 Å². The predicted octanol–water partition coefficient (Wildman–Crippen LogP) is 4.01. The number of amides is 1. The molecule has 138 valence electrons. The minimum absolute atomic E-state index is 0.0483. The molecule has 1 aliphatic rings. The normalized spacial score (nSPS) is 20.5. The summed E-state index contributed by atoms with van der Waals surface area (Å²) >= 11 is 11.5. The summed E-state index contributed by atoms with van der Waals surface area (Å²) in [6.07, 6.45) is 1.69. The molecule has 1 aliphatic carbocycles. The van der Waals surface area contributed by atoms with Gasteiger partial charge in [0.1, 0.15) is 10.2 Å². The number of benzene rings is 1. The van der Waals surface area contributed by atoms with E-state index in [-0.39, 0.29) is 33.2 Å². The van der Waals surface area contributed by atoms with Crippen molar-refractivity contribution in [3.8, 4) is 5.69 Å². The summed E-state index contributed by atoms with van der Waals surface area (Å²) in [4.78, 5) is 25.6. The second-order valence-corrected chi connectivity index (χ2v) is 8.21. The van der Waals surface area contributed by atoms with Crippen molar-refractivity contribution in [1.82, 2.24) is 9.36 Å².